The molecule has 0 radical (unpaired) electrons. The molecule has 2 N–H and O–H groups in total. The van der Waals surface area contributed by atoms with Gasteiger partial charge in [0, 0.05) is 11.4 Å². The second-order valence-electron chi connectivity index (χ2n) is 5.62. The van der Waals surface area contributed by atoms with E-state index in [1.165, 1.54) is 31.4 Å². The molecule has 0 spiro atoms. The molecular weight excluding hydrogens is 374 g/mol. The van der Waals surface area contributed by atoms with Crippen molar-refractivity contribution >= 4 is 33.0 Å². The average Bonchev–Trinajstić information content (AvgIpc) is 3.23. The van der Waals surface area contributed by atoms with Crippen molar-refractivity contribution in [2.24, 2.45) is 0 Å². The number of anilines is 1. The summed E-state index contributed by atoms with van der Waals surface area (Å²) in [6.45, 7) is 3.85. The number of H-pyrrole nitrogens is 1. The number of aromatic nitrogens is 2. The van der Waals surface area contributed by atoms with Crippen LogP contribution in [0.15, 0.2) is 40.6 Å². The van der Waals surface area contributed by atoms with Gasteiger partial charge in [-0.05, 0) is 55.8 Å². The third-order valence-corrected chi connectivity index (χ3v) is 6.86. The molecule has 7 nitrogen and oxygen atoms in total. The van der Waals surface area contributed by atoms with E-state index in [0.717, 1.165) is 33.2 Å². The standard InChI is InChI=1S/C17H17N3O4S2/c1-10-11(2)18-19-16(10)14-8-9-15(25-14)26(22,23)20-13-6-4-12(5-7-13)17(21)24-3/h4-9,20H,1-3H3,(H,18,19). The van der Waals surface area contributed by atoms with Gasteiger partial charge in [0.05, 0.1) is 17.6 Å². The number of ether oxygens (including phenoxy) is 1. The number of sulfonamides is 1. The second-order valence-corrected chi connectivity index (χ2v) is 8.61. The zero-order chi connectivity index (χ0) is 18.9. The van der Waals surface area contributed by atoms with Gasteiger partial charge in [0.1, 0.15) is 9.90 Å². The highest BCUT2D eigenvalue weighted by atomic mass is 32.2. The summed E-state index contributed by atoms with van der Waals surface area (Å²) < 4.78 is 32.5. The number of aryl methyl sites for hydroxylation is 1. The molecule has 136 valence electrons. The second kappa shape index (κ2) is 6.93. The van der Waals surface area contributed by atoms with Gasteiger partial charge in [-0.1, -0.05) is 0 Å². The van der Waals surface area contributed by atoms with Crippen LogP contribution in [0.1, 0.15) is 21.6 Å². The molecule has 1 aromatic carbocycles. The summed E-state index contributed by atoms with van der Waals surface area (Å²) in [5, 5.41) is 7.12. The van der Waals surface area contributed by atoms with E-state index in [1.54, 1.807) is 12.1 Å². The molecule has 0 bridgehead atoms. The van der Waals surface area contributed by atoms with Crippen LogP contribution in [0.3, 0.4) is 0 Å². The topological polar surface area (TPSA) is 101 Å². The fraction of sp³-hybridized carbons (Fsp3) is 0.176. The number of carbonyl (C=O) groups excluding carboxylic acids is 1. The Bertz CT molecular complexity index is 1050. The minimum atomic E-state index is -3.73. The summed E-state index contributed by atoms with van der Waals surface area (Å²) in [4.78, 5) is 12.2. The summed E-state index contributed by atoms with van der Waals surface area (Å²) >= 11 is 1.14. The van der Waals surface area contributed by atoms with Crippen LogP contribution in [-0.2, 0) is 14.8 Å². The lowest BCUT2D eigenvalue weighted by Gasteiger charge is -2.07. The Kier molecular flexibility index (Phi) is 4.84. The number of methoxy groups -OCH3 is 1. The Morgan fingerprint density at radius 3 is 2.42 bits per heavy atom. The number of hydrogen-bond donors (Lipinski definition) is 2. The first-order chi connectivity index (χ1) is 12.3. The van der Waals surface area contributed by atoms with Crippen LogP contribution in [0.5, 0.6) is 0 Å². The summed E-state index contributed by atoms with van der Waals surface area (Å²) in [6, 6.07) is 9.31. The zero-order valence-electron chi connectivity index (χ0n) is 14.4. The number of benzene rings is 1. The third-order valence-electron chi connectivity index (χ3n) is 3.89. The van der Waals surface area contributed by atoms with Crippen LogP contribution in [0.25, 0.3) is 10.6 Å². The number of thiophene rings is 1. The minimum Gasteiger partial charge on any atom is -0.465 e. The molecule has 0 saturated carbocycles. The van der Waals surface area contributed by atoms with Crippen molar-refractivity contribution in [1.29, 1.82) is 0 Å². The number of aromatic amines is 1. The Morgan fingerprint density at radius 2 is 1.85 bits per heavy atom. The first-order valence-electron chi connectivity index (χ1n) is 7.65. The lowest BCUT2D eigenvalue weighted by atomic mass is 10.2. The maximum absolute atomic E-state index is 12.6. The van der Waals surface area contributed by atoms with Crippen molar-refractivity contribution < 1.29 is 17.9 Å². The molecule has 0 atom stereocenters. The predicted octanol–water partition coefficient (Wildman–Crippen LogP) is 3.34. The molecule has 0 unspecified atom stereocenters. The van der Waals surface area contributed by atoms with Crippen molar-refractivity contribution in [3.05, 3.63) is 53.2 Å². The fourth-order valence-corrected chi connectivity index (χ4v) is 4.73. The lowest BCUT2D eigenvalue weighted by molar-refractivity contribution is 0.0601. The summed E-state index contributed by atoms with van der Waals surface area (Å²) in [6.07, 6.45) is 0. The Hall–Kier alpha value is -2.65. The highest BCUT2D eigenvalue weighted by molar-refractivity contribution is 7.94. The number of carbonyl (C=O) groups is 1. The smallest absolute Gasteiger partial charge is 0.337 e. The monoisotopic (exact) mass is 391 g/mol. The van der Waals surface area contributed by atoms with Crippen molar-refractivity contribution in [1.82, 2.24) is 10.2 Å². The number of nitrogens with one attached hydrogen (secondary N) is 2. The molecule has 0 aliphatic rings. The van der Waals surface area contributed by atoms with E-state index < -0.39 is 16.0 Å². The number of nitrogens with zero attached hydrogens (tertiary/aromatic N) is 1. The molecule has 0 aliphatic carbocycles. The van der Waals surface area contributed by atoms with E-state index >= 15 is 0 Å². The van der Waals surface area contributed by atoms with Crippen LogP contribution in [0, 0.1) is 13.8 Å². The van der Waals surface area contributed by atoms with Crippen molar-refractivity contribution in [2.75, 3.05) is 11.8 Å². The van der Waals surface area contributed by atoms with Gasteiger partial charge in [0.25, 0.3) is 10.0 Å². The van der Waals surface area contributed by atoms with E-state index in [2.05, 4.69) is 19.7 Å². The normalized spacial score (nSPS) is 11.3. The Morgan fingerprint density at radius 1 is 1.15 bits per heavy atom. The summed E-state index contributed by atoms with van der Waals surface area (Å²) in [5.41, 5.74) is 3.39. The van der Waals surface area contributed by atoms with E-state index in [9.17, 15) is 13.2 Å². The Labute approximate surface area is 155 Å². The molecule has 2 aromatic heterocycles. The van der Waals surface area contributed by atoms with E-state index in [0.29, 0.717) is 11.3 Å². The summed E-state index contributed by atoms with van der Waals surface area (Å²) in [7, 11) is -2.44. The third kappa shape index (κ3) is 3.49. The highest BCUT2D eigenvalue weighted by Gasteiger charge is 2.19. The fourth-order valence-electron chi connectivity index (χ4n) is 2.31. The molecule has 26 heavy (non-hydrogen) atoms. The van der Waals surface area contributed by atoms with Gasteiger partial charge in [-0.25, -0.2) is 13.2 Å². The van der Waals surface area contributed by atoms with E-state index in [4.69, 9.17) is 0 Å². The van der Waals surface area contributed by atoms with Crippen molar-refractivity contribution in [3.63, 3.8) is 0 Å². The number of esters is 1. The quantitative estimate of drug-likeness (QED) is 0.650. The zero-order valence-corrected chi connectivity index (χ0v) is 16.0. The van der Waals surface area contributed by atoms with E-state index in [1.807, 2.05) is 13.8 Å². The molecule has 0 fully saturated rings. The maximum Gasteiger partial charge on any atom is 0.337 e. The van der Waals surface area contributed by atoms with Gasteiger partial charge in [-0.2, -0.15) is 5.10 Å². The van der Waals surface area contributed by atoms with Gasteiger partial charge >= 0.3 is 5.97 Å². The average molecular weight is 391 g/mol. The van der Waals surface area contributed by atoms with Gasteiger partial charge in [0.2, 0.25) is 0 Å². The predicted molar refractivity (Wildman–Crippen MR) is 100.0 cm³/mol. The number of rotatable bonds is 5. The van der Waals surface area contributed by atoms with Crippen LogP contribution in [-0.4, -0.2) is 31.7 Å². The van der Waals surface area contributed by atoms with Crippen molar-refractivity contribution in [3.8, 4) is 10.6 Å². The van der Waals surface area contributed by atoms with Gasteiger partial charge < -0.3 is 4.74 Å². The highest BCUT2D eigenvalue weighted by Crippen LogP contribution is 2.33. The van der Waals surface area contributed by atoms with Crippen LogP contribution >= 0.6 is 11.3 Å². The molecule has 0 aliphatic heterocycles. The summed E-state index contributed by atoms with van der Waals surface area (Å²) in [5.74, 6) is -0.480. The lowest BCUT2D eigenvalue weighted by Crippen LogP contribution is -2.11. The first kappa shape index (κ1) is 18.2. The Balaban J connectivity index is 1.83. The molecule has 9 heteroatoms. The van der Waals surface area contributed by atoms with Crippen LogP contribution in [0.2, 0.25) is 0 Å². The van der Waals surface area contributed by atoms with Crippen LogP contribution in [0.4, 0.5) is 5.69 Å². The van der Waals surface area contributed by atoms with Crippen molar-refractivity contribution in [2.45, 2.75) is 18.1 Å². The minimum absolute atomic E-state index is 0.185. The van der Waals surface area contributed by atoms with Gasteiger partial charge in [0.15, 0.2) is 0 Å². The molecule has 0 amide bonds. The van der Waals surface area contributed by atoms with Crippen LogP contribution < -0.4 is 4.72 Å². The van der Waals surface area contributed by atoms with E-state index in [-0.39, 0.29) is 4.21 Å². The molecular formula is C17H17N3O4S2. The van der Waals surface area contributed by atoms with Gasteiger partial charge in [-0.15, -0.1) is 11.3 Å². The maximum atomic E-state index is 12.6. The number of hydrogen-bond acceptors (Lipinski definition) is 6. The molecule has 3 rings (SSSR count). The molecule has 2 heterocycles. The first-order valence-corrected chi connectivity index (χ1v) is 9.95. The molecule has 3 aromatic rings. The largest absolute Gasteiger partial charge is 0.465 e. The molecule has 0 saturated heterocycles. The SMILES string of the molecule is COC(=O)c1ccc(NS(=O)(=O)c2ccc(-c3n[nH]c(C)c3C)s2)cc1. The van der Waals surface area contributed by atoms with Gasteiger partial charge in [-0.3, -0.25) is 9.82 Å².